The van der Waals surface area contributed by atoms with Crippen LogP contribution in [0.4, 0.5) is 0 Å². The molecule has 0 amide bonds. The molecule has 84 valence electrons. The van der Waals surface area contributed by atoms with Crippen molar-refractivity contribution in [3.8, 4) is 0 Å². The van der Waals surface area contributed by atoms with Gasteiger partial charge in [0.15, 0.2) is 0 Å². The predicted molar refractivity (Wildman–Crippen MR) is 66.1 cm³/mol. The highest BCUT2D eigenvalue weighted by molar-refractivity contribution is 7.98. The predicted octanol–water partition coefficient (Wildman–Crippen LogP) is 1.81. The molecule has 0 bridgehead atoms. The molecule has 0 aromatic rings. The summed E-state index contributed by atoms with van der Waals surface area (Å²) in [6.07, 6.45) is 6.13. The Bertz CT molecular complexity index is 141. The van der Waals surface area contributed by atoms with Gasteiger partial charge >= 0.3 is 0 Å². The molecule has 0 aromatic carbocycles. The normalized spacial score (nSPS) is 21.4. The number of hydrogen-bond acceptors (Lipinski definition) is 3. The Morgan fingerprint density at radius 2 is 2.07 bits per heavy atom. The summed E-state index contributed by atoms with van der Waals surface area (Å²) in [5.41, 5.74) is 0. The fourth-order valence-corrected chi connectivity index (χ4v) is 3.08. The van der Waals surface area contributed by atoms with Gasteiger partial charge in [-0.25, -0.2) is 0 Å². The van der Waals surface area contributed by atoms with Crippen LogP contribution in [0.3, 0.4) is 0 Å². The van der Waals surface area contributed by atoms with Gasteiger partial charge in [-0.1, -0.05) is 6.92 Å². The molecule has 1 heterocycles. The van der Waals surface area contributed by atoms with Crippen LogP contribution in [0.2, 0.25) is 0 Å². The monoisotopic (exact) mass is 216 g/mol. The zero-order chi connectivity index (χ0) is 10.4. The average Bonchev–Trinajstić information content (AvgIpc) is 2.26. The van der Waals surface area contributed by atoms with Crippen LogP contribution < -0.4 is 5.32 Å². The highest BCUT2D eigenvalue weighted by Crippen LogP contribution is 2.17. The second-order valence-corrected chi connectivity index (χ2v) is 5.07. The quantitative estimate of drug-likeness (QED) is 0.754. The lowest BCUT2D eigenvalue weighted by Crippen LogP contribution is -2.46. The summed E-state index contributed by atoms with van der Waals surface area (Å²) in [5.74, 6) is 1.27. The maximum atomic E-state index is 3.43. The lowest BCUT2D eigenvalue weighted by Gasteiger charge is -2.36. The van der Waals surface area contributed by atoms with Gasteiger partial charge in [0.2, 0.25) is 0 Å². The van der Waals surface area contributed by atoms with Crippen LogP contribution >= 0.6 is 11.8 Å². The molecular formula is C11H24N2S. The summed E-state index contributed by atoms with van der Waals surface area (Å²) in [6.45, 7) is 4.70. The maximum absolute atomic E-state index is 3.43. The third-order valence-corrected chi connectivity index (χ3v) is 4.01. The van der Waals surface area contributed by atoms with Crippen LogP contribution in [-0.4, -0.2) is 49.1 Å². The number of piperidine rings is 1. The molecule has 1 aliphatic rings. The van der Waals surface area contributed by atoms with Crippen molar-refractivity contribution in [1.29, 1.82) is 0 Å². The molecule has 0 spiro atoms. The second kappa shape index (κ2) is 6.70. The lowest BCUT2D eigenvalue weighted by molar-refractivity contribution is 0.151. The number of nitrogens with zero attached hydrogens (tertiary/aromatic N) is 1. The van der Waals surface area contributed by atoms with E-state index in [0.717, 1.165) is 12.1 Å². The fraction of sp³-hybridized carbons (Fsp3) is 1.00. The van der Waals surface area contributed by atoms with Crippen molar-refractivity contribution in [3.05, 3.63) is 0 Å². The van der Waals surface area contributed by atoms with Crippen molar-refractivity contribution >= 4 is 11.8 Å². The number of hydrogen-bond donors (Lipinski definition) is 1. The number of nitrogens with one attached hydrogen (secondary N) is 1. The molecule has 3 heteroatoms. The highest BCUT2D eigenvalue weighted by atomic mass is 32.2. The van der Waals surface area contributed by atoms with Crippen LogP contribution in [0.1, 0.15) is 26.2 Å². The van der Waals surface area contributed by atoms with Crippen LogP contribution in [0.15, 0.2) is 0 Å². The van der Waals surface area contributed by atoms with E-state index in [9.17, 15) is 0 Å². The first-order valence-corrected chi connectivity index (χ1v) is 7.10. The van der Waals surface area contributed by atoms with E-state index in [1.54, 1.807) is 0 Å². The van der Waals surface area contributed by atoms with Gasteiger partial charge in [0, 0.05) is 17.8 Å². The summed E-state index contributed by atoms with van der Waals surface area (Å²) >= 11 is 1.97. The molecule has 1 saturated heterocycles. The van der Waals surface area contributed by atoms with Gasteiger partial charge in [-0.05, 0) is 45.7 Å². The molecule has 0 saturated carbocycles. The first-order valence-electron chi connectivity index (χ1n) is 5.71. The molecule has 1 aliphatic heterocycles. The number of thioether (sulfide) groups is 1. The molecule has 1 rings (SSSR count). The Kier molecular flexibility index (Phi) is 5.90. The molecule has 1 atom stereocenters. The van der Waals surface area contributed by atoms with E-state index in [4.69, 9.17) is 0 Å². The third-order valence-electron chi connectivity index (χ3n) is 3.29. The Hall–Kier alpha value is 0.270. The van der Waals surface area contributed by atoms with Crippen molar-refractivity contribution in [2.24, 2.45) is 0 Å². The van der Waals surface area contributed by atoms with Crippen LogP contribution in [0.25, 0.3) is 0 Å². The summed E-state index contributed by atoms with van der Waals surface area (Å²) in [6, 6.07) is 1.58. The summed E-state index contributed by atoms with van der Waals surface area (Å²) in [4.78, 5) is 2.61. The second-order valence-electron chi connectivity index (χ2n) is 4.16. The summed E-state index contributed by atoms with van der Waals surface area (Å²) < 4.78 is 0. The van der Waals surface area contributed by atoms with Crippen LogP contribution in [-0.2, 0) is 0 Å². The van der Waals surface area contributed by atoms with Crippen molar-refractivity contribution in [2.75, 3.05) is 32.1 Å². The van der Waals surface area contributed by atoms with E-state index in [-0.39, 0.29) is 0 Å². The number of rotatable bonds is 5. The average molecular weight is 216 g/mol. The molecule has 14 heavy (non-hydrogen) atoms. The highest BCUT2D eigenvalue weighted by Gasteiger charge is 2.22. The van der Waals surface area contributed by atoms with Gasteiger partial charge < -0.3 is 5.32 Å². The first-order chi connectivity index (χ1) is 6.79. The first kappa shape index (κ1) is 12.3. The van der Waals surface area contributed by atoms with Crippen molar-refractivity contribution in [3.63, 3.8) is 0 Å². The SMILES string of the molecule is CCC(CSC)N(C)C1CCNCC1. The topological polar surface area (TPSA) is 15.3 Å². The fourth-order valence-electron chi connectivity index (χ4n) is 2.23. The van der Waals surface area contributed by atoms with Crippen molar-refractivity contribution < 1.29 is 0 Å². The summed E-state index contributed by atoms with van der Waals surface area (Å²) in [5, 5.41) is 3.43. The lowest BCUT2D eigenvalue weighted by atomic mass is 10.0. The zero-order valence-corrected chi connectivity index (χ0v) is 10.6. The van der Waals surface area contributed by atoms with Crippen LogP contribution in [0, 0.1) is 0 Å². The third kappa shape index (κ3) is 3.44. The van der Waals surface area contributed by atoms with Gasteiger partial charge in [0.25, 0.3) is 0 Å². The largest absolute Gasteiger partial charge is 0.317 e. The minimum atomic E-state index is 0.771. The Morgan fingerprint density at radius 1 is 1.43 bits per heavy atom. The van der Waals surface area contributed by atoms with Gasteiger partial charge in [-0.15, -0.1) is 0 Å². The molecule has 0 aliphatic carbocycles. The van der Waals surface area contributed by atoms with Crippen molar-refractivity contribution in [1.82, 2.24) is 10.2 Å². The molecule has 1 unspecified atom stereocenters. The summed E-state index contributed by atoms with van der Waals surface area (Å²) in [7, 11) is 2.31. The minimum Gasteiger partial charge on any atom is -0.317 e. The molecule has 1 fully saturated rings. The Morgan fingerprint density at radius 3 is 2.57 bits per heavy atom. The van der Waals surface area contributed by atoms with Crippen LogP contribution in [0.5, 0.6) is 0 Å². The smallest absolute Gasteiger partial charge is 0.0183 e. The van der Waals surface area contributed by atoms with E-state index >= 15 is 0 Å². The van der Waals surface area contributed by atoms with Gasteiger partial charge in [0.05, 0.1) is 0 Å². The molecule has 2 nitrogen and oxygen atoms in total. The molecular weight excluding hydrogens is 192 g/mol. The van der Waals surface area contributed by atoms with E-state index < -0.39 is 0 Å². The van der Waals surface area contributed by atoms with E-state index in [1.165, 1.54) is 38.1 Å². The maximum Gasteiger partial charge on any atom is 0.0183 e. The minimum absolute atomic E-state index is 0.771. The van der Waals surface area contributed by atoms with Gasteiger partial charge in [-0.3, -0.25) is 4.90 Å². The molecule has 0 aromatic heterocycles. The Labute approximate surface area is 92.8 Å². The van der Waals surface area contributed by atoms with E-state index in [1.807, 2.05) is 11.8 Å². The van der Waals surface area contributed by atoms with E-state index in [0.29, 0.717) is 0 Å². The van der Waals surface area contributed by atoms with E-state index in [2.05, 4.69) is 30.4 Å². The zero-order valence-electron chi connectivity index (χ0n) is 9.75. The van der Waals surface area contributed by atoms with Crippen molar-refractivity contribution in [2.45, 2.75) is 38.3 Å². The van der Waals surface area contributed by atoms with Gasteiger partial charge in [0.1, 0.15) is 0 Å². The molecule has 1 N–H and O–H groups in total. The Balaban J connectivity index is 2.38. The molecule has 0 radical (unpaired) electrons. The standard InChI is InChI=1S/C11H24N2S/c1-4-10(9-14-3)13(2)11-5-7-12-8-6-11/h10-12H,4-9H2,1-3H3. The van der Waals surface area contributed by atoms with Gasteiger partial charge in [-0.2, -0.15) is 11.8 Å².